The molecule has 0 unspecified atom stereocenters. The third-order valence-corrected chi connectivity index (χ3v) is 6.54. The summed E-state index contributed by atoms with van der Waals surface area (Å²) >= 11 is 1.58. The second-order valence-corrected chi connectivity index (χ2v) is 9.32. The van der Waals surface area contributed by atoms with Gasteiger partial charge in [-0.05, 0) is 47.7 Å². The number of carbonyl (C=O) groups is 1. The molecule has 0 atom stereocenters. The molecule has 3 aromatic heterocycles. The number of aromatic nitrogens is 2. The number of hydrogen-bond acceptors (Lipinski definition) is 6. The van der Waals surface area contributed by atoms with Crippen molar-refractivity contribution in [2.75, 3.05) is 6.54 Å². The van der Waals surface area contributed by atoms with Crippen LogP contribution in [0, 0.1) is 6.92 Å². The highest BCUT2D eigenvalue weighted by Crippen LogP contribution is 2.30. The number of halogens is 3. The Hall–Kier alpha value is -3.50. The molecule has 0 aliphatic rings. The van der Waals surface area contributed by atoms with E-state index in [1.165, 1.54) is 12.3 Å². The molecule has 1 aromatic carbocycles. The molecule has 0 radical (unpaired) electrons. The number of carbonyl (C=O) groups excluding carboxylic acids is 1. The highest BCUT2D eigenvalue weighted by molar-refractivity contribution is 7.10. The van der Waals surface area contributed by atoms with Gasteiger partial charge in [0.2, 0.25) is 5.89 Å². The highest BCUT2D eigenvalue weighted by Gasteiger charge is 2.30. The normalized spacial score (nSPS) is 11.7. The van der Waals surface area contributed by atoms with Crippen LogP contribution >= 0.6 is 11.3 Å². The lowest BCUT2D eigenvalue weighted by molar-refractivity contribution is -0.137. The summed E-state index contributed by atoms with van der Waals surface area (Å²) in [5.74, 6) is -0.0504. The number of rotatable bonds is 10. The highest BCUT2D eigenvalue weighted by atomic mass is 32.1. The minimum absolute atomic E-state index is 0.150. The Labute approximate surface area is 210 Å². The van der Waals surface area contributed by atoms with Gasteiger partial charge in [0.15, 0.2) is 5.69 Å². The quantitative estimate of drug-likeness (QED) is 0.297. The van der Waals surface area contributed by atoms with Crippen molar-refractivity contribution in [1.29, 1.82) is 0 Å². The van der Waals surface area contributed by atoms with Crippen molar-refractivity contribution >= 4 is 17.2 Å². The molecule has 4 aromatic rings. The summed E-state index contributed by atoms with van der Waals surface area (Å²) in [5.41, 5.74) is 1.96. The minimum Gasteiger partial charge on any atom is -0.447 e. The Balaban J connectivity index is 1.43. The van der Waals surface area contributed by atoms with Crippen LogP contribution in [0.4, 0.5) is 13.2 Å². The van der Waals surface area contributed by atoms with Crippen molar-refractivity contribution < 1.29 is 22.4 Å². The Morgan fingerprint density at radius 3 is 2.69 bits per heavy atom. The molecule has 1 amide bonds. The van der Waals surface area contributed by atoms with Crippen molar-refractivity contribution in [2.45, 2.75) is 39.2 Å². The van der Waals surface area contributed by atoms with E-state index in [0.29, 0.717) is 31.0 Å². The molecule has 0 aliphatic carbocycles. The lowest BCUT2D eigenvalue weighted by Crippen LogP contribution is -2.26. The number of pyridine rings is 1. The predicted octanol–water partition coefficient (Wildman–Crippen LogP) is 5.63. The number of hydrogen-bond donors (Lipinski definition) is 1. The average molecular weight is 515 g/mol. The number of amides is 1. The van der Waals surface area contributed by atoms with Crippen molar-refractivity contribution in [3.05, 3.63) is 105 Å². The molecule has 3 heterocycles. The van der Waals surface area contributed by atoms with Gasteiger partial charge in [0, 0.05) is 42.8 Å². The lowest BCUT2D eigenvalue weighted by Gasteiger charge is -2.21. The number of alkyl halides is 3. The Morgan fingerprint density at radius 2 is 1.97 bits per heavy atom. The van der Waals surface area contributed by atoms with E-state index in [9.17, 15) is 18.0 Å². The molecule has 4 rings (SSSR count). The fourth-order valence-corrected chi connectivity index (χ4v) is 4.61. The third kappa shape index (κ3) is 7.02. The van der Waals surface area contributed by atoms with Crippen LogP contribution in [-0.2, 0) is 32.2 Å². The molecule has 0 fully saturated rings. The van der Waals surface area contributed by atoms with Gasteiger partial charge in [-0.1, -0.05) is 24.3 Å². The standard InChI is InChI=1S/C26H25F3N4O2S/c1-18-9-12-36-23(18)15-33(14-19-5-4-6-20(13-19)26(27,28)29)16-24-32-22(17-35-24)25(34)31-11-8-21-7-2-3-10-30-21/h2-7,9-10,12-13,17H,8,11,14-16H2,1H3,(H,31,34). The van der Waals surface area contributed by atoms with Gasteiger partial charge in [-0.15, -0.1) is 11.3 Å². The van der Waals surface area contributed by atoms with Gasteiger partial charge >= 0.3 is 6.18 Å². The van der Waals surface area contributed by atoms with Crippen molar-refractivity contribution in [3.8, 4) is 0 Å². The van der Waals surface area contributed by atoms with Crippen LogP contribution in [0.2, 0.25) is 0 Å². The zero-order valence-electron chi connectivity index (χ0n) is 19.6. The smallest absolute Gasteiger partial charge is 0.416 e. The molecule has 0 saturated carbocycles. The van der Waals surface area contributed by atoms with Gasteiger partial charge < -0.3 is 9.73 Å². The Kier molecular flexibility index (Phi) is 8.17. The van der Waals surface area contributed by atoms with Gasteiger partial charge in [0.1, 0.15) is 6.26 Å². The van der Waals surface area contributed by atoms with Crippen LogP contribution in [-0.4, -0.2) is 27.3 Å². The number of benzene rings is 1. The first-order valence-corrected chi connectivity index (χ1v) is 12.2. The van der Waals surface area contributed by atoms with E-state index in [-0.39, 0.29) is 24.7 Å². The predicted molar refractivity (Wildman–Crippen MR) is 130 cm³/mol. The maximum atomic E-state index is 13.2. The first-order chi connectivity index (χ1) is 17.3. The monoisotopic (exact) mass is 514 g/mol. The van der Waals surface area contributed by atoms with Gasteiger partial charge in [-0.2, -0.15) is 13.2 Å². The van der Waals surface area contributed by atoms with Crippen molar-refractivity contribution in [1.82, 2.24) is 20.2 Å². The molecular formula is C26H25F3N4O2S. The summed E-state index contributed by atoms with van der Waals surface area (Å²) in [6, 6.07) is 12.9. The molecule has 6 nitrogen and oxygen atoms in total. The summed E-state index contributed by atoms with van der Waals surface area (Å²) in [5, 5.41) is 4.78. The maximum Gasteiger partial charge on any atom is 0.416 e. The van der Waals surface area contributed by atoms with E-state index in [4.69, 9.17) is 4.42 Å². The number of aryl methyl sites for hydroxylation is 1. The number of thiophene rings is 1. The Bertz CT molecular complexity index is 1290. The average Bonchev–Trinajstić information content (AvgIpc) is 3.48. The second-order valence-electron chi connectivity index (χ2n) is 8.32. The largest absolute Gasteiger partial charge is 0.447 e. The summed E-state index contributed by atoms with van der Waals surface area (Å²) in [4.78, 5) is 24.1. The van der Waals surface area contributed by atoms with E-state index < -0.39 is 11.7 Å². The topological polar surface area (TPSA) is 71.3 Å². The first kappa shape index (κ1) is 25.6. The van der Waals surface area contributed by atoms with Gasteiger partial charge in [0.25, 0.3) is 5.91 Å². The van der Waals surface area contributed by atoms with Gasteiger partial charge in [0.05, 0.1) is 12.1 Å². The molecule has 0 aliphatic heterocycles. The summed E-state index contributed by atoms with van der Waals surface area (Å²) in [6.45, 7) is 3.39. The van der Waals surface area contributed by atoms with E-state index in [2.05, 4.69) is 15.3 Å². The first-order valence-electron chi connectivity index (χ1n) is 11.3. The minimum atomic E-state index is -4.41. The molecule has 36 heavy (non-hydrogen) atoms. The number of nitrogens with one attached hydrogen (secondary N) is 1. The molecule has 1 N–H and O–H groups in total. The van der Waals surface area contributed by atoms with Crippen LogP contribution in [0.25, 0.3) is 0 Å². The van der Waals surface area contributed by atoms with E-state index in [1.54, 1.807) is 23.6 Å². The molecule has 0 spiro atoms. The second kappa shape index (κ2) is 11.5. The third-order valence-electron chi connectivity index (χ3n) is 5.53. The van der Waals surface area contributed by atoms with E-state index in [1.807, 2.05) is 41.5 Å². The van der Waals surface area contributed by atoms with Crippen molar-refractivity contribution in [2.24, 2.45) is 0 Å². The zero-order chi connectivity index (χ0) is 25.5. The molecule has 188 valence electrons. The van der Waals surface area contributed by atoms with E-state index in [0.717, 1.165) is 28.3 Å². The summed E-state index contributed by atoms with van der Waals surface area (Å²) < 4.78 is 45.1. The van der Waals surface area contributed by atoms with Crippen molar-refractivity contribution in [3.63, 3.8) is 0 Å². The summed E-state index contributed by atoms with van der Waals surface area (Å²) in [7, 11) is 0. The van der Waals surface area contributed by atoms with Crippen LogP contribution in [0.5, 0.6) is 0 Å². The van der Waals surface area contributed by atoms with Crippen LogP contribution in [0.3, 0.4) is 0 Å². The van der Waals surface area contributed by atoms with Crippen LogP contribution < -0.4 is 5.32 Å². The van der Waals surface area contributed by atoms with Crippen LogP contribution in [0.15, 0.2) is 70.8 Å². The molecular weight excluding hydrogens is 489 g/mol. The molecule has 10 heteroatoms. The number of oxazole rings is 1. The number of nitrogens with zero attached hydrogens (tertiary/aromatic N) is 3. The van der Waals surface area contributed by atoms with Gasteiger partial charge in [-0.25, -0.2) is 4.98 Å². The van der Waals surface area contributed by atoms with Crippen LogP contribution in [0.1, 0.15) is 43.6 Å². The van der Waals surface area contributed by atoms with E-state index >= 15 is 0 Å². The SMILES string of the molecule is Cc1ccsc1CN(Cc1cccc(C(F)(F)F)c1)Cc1nc(C(=O)NCCc2ccccn2)co1. The summed E-state index contributed by atoms with van der Waals surface area (Å²) in [6.07, 6.45) is -0.830. The molecule has 0 saturated heterocycles. The Morgan fingerprint density at radius 1 is 1.11 bits per heavy atom. The maximum absolute atomic E-state index is 13.2. The fraction of sp³-hybridized carbons (Fsp3) is 0.269. The lowest BCUT2D eigenvalue weighted by atomic mass is 10.1. The fourth-order valence-electron chi connectivity index (χ4n) is 3.66. The van der Waals surface area contributed by atoms with Gasteiger partial charge in [-0.3, -0.25) is 14.7 Å². The zero-order valence-corrected chi connectivity index (χ0v) is 20.4. The molecule has 0 bridgehead atoms.